The lowest BCUT2D eigenvalue weighted by Crippen LogP contribution is -2.25. The van der Waals surface area contributed by atoms with E-state index in [-0.39, 0.29) is 18.8 Å². The van der Waals surface area contributed by atoms with Gasteiger partial charge in [0.05, 0.1) is 6.10 Å². The van der Waals surface area contributed by atoms with Crippen molar-refractivity contribution in [1.82, 2.24) is 0 Å². The zero-order valence-corrected chi connectivity index (χ0v) is 8.68. The van der Waals surface area contributed by atoms with E-state index in [4.69, 9.17) is 5.11 Å². The zero-order chi connectivity index (χ0) is 11.0. The summed E-state index contributed by atoms with van der Waals surface area (Å²) in [5.74, 6) is -0.576. The van der Waals surface area contributed by atoms with E-state index in [0.717, 1.165) is 0 Å². The van der Waals surface area contributed by atoms with Crippen LogP contribution >= 0.6 is 0 Å². The molecule has 14 heavy (non-hydrogen) atoms. The van der Waals surface area contributed by atoms with Crippen molar-refractivity contribution >= 4 is 5.78 Å². The van der Waals surface area contributed by atoms with E-state index in [9.17, 15) is 9.90 Å². The molecule has 0 radical (unpaired) electrons. The number of carbonyl (C=O) groups excluding carboxylic acids is 1. The van der Waals surface area contributed by atoms with Gasteiger partial charge in [0, 0.05) is 12.5 Å². The maximum Gasteiger partial charge on any atom is 0.161 e. The van der Waals surface area contributed by atoms with E-state index < -0.39 is 12.0 Å². The number of aliphatic hydroxyl groups is 2. The third-order valence-electron chi connectivity index (χ3n) is 2.01. The van der Waals surface area contributed by atoms with Gasteiger partial charge in [0.2, 0.25) is 0 Å². The number of aliphatic hydroxyl groups excluding tert-OH is 2. The fourth-order valence-electron chi connectivity index (χ4n) is 0.985. The molecule has 80 valence electrons. The molecule has 0 aliphatic rings. The van der Waals surface area contributed by atoms with Crippen LogP contribution in [0.3, 0.4) is 0 Å². The first-order valence-corrected chi connectivity index (χ1v) is 4.75. The van der Waals surface area contributed by atoms with Crippen LogP contribution in [0.1, 0.15) is 20.3 Å². The number of hydrogen-bond donors (Lipinski definition) is 2. The summed E-state index contributed by atoms with van der Waals surface area (Å²) < 4.78 is 0. The van der Waals surface area contributed by atoms with Crippen LogP contribution in [0.5, 0.6) is 0 Å². The maximum atomic E-state index is 11.4. The highest BCUT2D eigenvalue weighted by Gasteiger charge is 2.18. The molecule has 0 spiro atoms. The topological polar surface area (TPSA) is 57.5 Å². The minimum atomic E-state index is -0.761. The summed E-state index contributed by atoms with van der Waals surface area (Å²) in [4.78, 5) is 11.4. The maximum absolute atomic E-state index is 11.4. The molecule has 0 bridgehead atoms. The smallest absolute Gasteiger partial charge is 0.161 e. The summed E-state index contributed by atoms with van der Waals surface area (Å²) in [5.41, 5.74) is 0. The van der Waals surface area contributed by atoms with Crippen LogP contribution in [-0.4, -0.2) is 28.7 Å². The quantitative estimate of drug-likeness (QED) is 0.496. The van der Waals surface area contributed by atoms with Gasteiger partial charge in [0.15, 0.2) is 5.78 Å². The summed E-state index contributed by atoms with van der Waals surface area (Å²) in [5, 5.41) is 18.0. The van der Waals surface area contributed by atoms with Crippen LogP contribution in [0, 0.1) is 5.92 Å². The molecule has 0 amide bonds. The second kappa shape index (κ2) is 7.47. The van der Waals surface area contributed by atoms with Crippen molar-refractivity contribution in [1.29, 1.82) is 0 Å². The molecular weight excluding hydrogens is 180 g/mol. The molecule has 3 nitrogen and oxygen atoms in total. The van der Waals surface area contributed by atoms with Crippen LogP contribution in [0.25, 0.3) is 0 Å². The highest BCUT2D eigenvalue weighted by molar-refractivity contribution is 5.92. The lowest BCUT2D eigenvalue weighted by Gasteiger charge is -2.14. The SMILES string of the molecule is C/C=C/C=C/C(=O)C(C)C(O)CCO. The van der Waals surface area contributed by atoms with Crippen molar-refractivity contribution in [2.45, 2.75) is 26.4 Å². The van der Waals surface area contributed by atoms with Gasteiger partial charge in [-0.15, -0.1) is 0 Å². The Morgan fingerprint density at radius 3 is 2.57 bits per heavy atom. The Morgan fingerprint density at radius 2 is 2.07 bits per heavy atom. The van der Waals surface area contributed by atoms with Gasteiger partial charge in [-0.25, -0.2) is 0 Å². The average Bonchev–Trinajstić information content (AvgIpc) is 2.17. The Bertz CT molecular complexity index is 219. The third kappa shape index (κ3) is 4.94. The molecular formula is C11H18O3. The Hall–Kier alpha value is -0.930. The van der Waals surface area contributed by atoms with Crippen molar-refractivity contribution in [3.05, 3.63) is 24.3 Å². The lowest BCUT2D eigenvalue weighted by atomic mass is 9.97. The summed E-state index contributed by atoms with van der Waals surface area (Å²) in [7, 11) is 0. The number of ketones is 1. The fraction of sp³-hybridized carbons (Fsp3) is 0.545. The van der Waals surface area contributed by atoms with Crippen LogP contribution in [0.4, 0.5) is 0 Å². The van der Waals surface area contributed by atoms with Gasteiger partial charge in [-0.2, -0.15) is 0 Å². The van der Waals surface area contributed by atoms with Crippen LogP contribution in [0.2, 0.25) is 0 Å². The largest absolute Gasteiger partial charge is 0.396 e. The van der Waals surface area contributed by atoms with Gasteiger partial charge < -0.3 is 10.2 Å². The van der Waals surface area contributed by atoms with Crippen molar-refractivity contribution in [3.63, 3.8) is 0 Å². The van der Waals surface area contributed by atoms with E-state index >= 15 is 0 Å². The van der Waals surface area contributed by atoms with Gasteiger partial charge >= 0.3 is 0 Å². The average molecular weight is 198 g/mol. The Labute approximate surface area is 84.8 Å². The predicted molar refractivity (Wildman–Crippen MR) is 55.8 cm³/mol. The highest BCUT2D eigenvalue weighted by atomic mass is 16.3. The fourth-order valence-corrected chi connectivity index (χ4v) is 0.985. The Kier molecular flexibility index (Phi) is 6.98. The molecule has 0 aliphatic heterocycles. The summed E-state index contributed by atoms with van der Waals surface area (Å²) in [6.07, 6.45) is 6.13. The number of rotatable bonds is 6. The number of hydrogen-bond acceptors (Lipinski definition) is 3. The minimum Gasteiger partial charge on any atom is -0.396 e. The minimum absolute atomic E-state index is 0.0998. The molecule has 0 aliphatic carbocycles. The van der Waals surface area contributed by atoms with Gasteiger partial charge in [0.1, 0.15) is 0 Å². The van der Waals surface area contributed by atoms with Gasteiger partial charge in [-0.05, 0) is 19.4 Å². The third-order valence-corrected chi connectivity index (χ3v) is 2.01. The van der Waals surface area contributed by atoms with E-state index in [1.807, 2.05) is 13.0 Å². The molecule has 0 saturated carbocycles. The molecule has 0 fully saturated rings. The van der Waals surface area contributed by atoms with Gasteiger partial charge in [0.25, 0.3) is 0 Å². The van der Waals surface area contributed by atoms with Crippen LogP contribution < -0.4 is 0 Å². The van der Waals surface area contributed by atoms with E-state index in [1.54, 1.807) is 19.1 Å². The van der Waals surface area contributed by atoms with E-state index in [2.05, 4.69) is 0 Å². The van der Waals surface area contributed by atoms with Gasteiger partial charge in [-0.3, -0.25) is 4.79 Å². The van der Waals surface area contributed by atoms with Crippen LogP contribution in [-0.2, 0) is 4.79 Å². The van der Waals surface area contributed by atoms with E-state index in [0.29, 0.717) is 0 Å². The molecule has 0 rings (SSSR count). The predicted octanol–water partition coefficient (Wildman–Crippen LogP) is 1.07. The molecule has 0 aromatic heterocycles. The zero-order valence-electron chi connectivity index (χ0n) is 8.68. The Balaban J connectivity index is 4.10. The van der Waals surface area contributed by atoms with Crippen LogP contribution in [0.15, 0.2) is 24.3 Å². The number of allylic oxidation sites excluding steroid dienone is 4. The standard InChI is InChI=1S/C11H18O3/c1-3-4-5-6-10(13)9(2)11(14)7-8-12/h3-6,9,11-12,14H,7-8H2,1-2H3/b4-3+,6-5+. The monoisotopic (exact) mass is 198 g/mol. The van der Waals surface area contributed by atoms with E-state index in [1.165, 1.54) is 6.08 Å². The first-order chi connectivity index (χ1) is 6.63. The summed E-state index contributed by atoms with van der Waals surface area (Å²) in [6, 6.07) is 0. The molecule has 0 aromatic rings. The second-order valence-electron chi connectivity index (χ2n) is 3.16. The molecule has 0 aromatic carbocycles. The van der Waals surface area contributed by atoms with Crippen molar-refractivity contribution in [2.75, 3.05) is 6.61 Å². The van der Waals surface area contributed by atoms with Crippen molar-refractivity contribution < 1.29 is 15.0 Å². The normalized spacial score (nSPS) is 16.3. The number of carbonyl (C=O) groups is 1. The second-order valence-corrected chi connectivity index (χ2v) is 3.16. The lowest BCUT2D eigenvalue weighted by molar-refractivity contribution is -0.121. The molecule has 2 N–H and O–H groups in total. The van der Waals surface area contributed by atoms with Crippen molar-refractivity contribution in [2.24, 2.45) is 5.92 Å². The molecule has 2 atom stereocenters. The highest BCUT2D eigenvalue weighted by Crippen LogP contribution is 2.08. The Morgan fingerprint density at radius 1 is 1.43 bits per heavy atom. The molecule has 0 saturated heterocycles. The van der Waals surface area contributed by atoms with Crippen molar-refractivity contribution in [3.8, 4) is 0 Å². The summed E-state index contributed by atoms with van der Waals surface area (Å²) in [6.45, 7) is 3.42. The first kappa shape index (κ1) is 13.1. The molecule has 2 unspecified atom stereocenters. The first-order valence-electron chi connectivity index (χ1n) is 4.75. The molecule has 3 heteroatoms. The molecule has 0 heterocycles. The van der Waals surface area contributed by atoms with Gasteiger partial charge in [-0.1, -0.05) is 25.2 Å². The summed E-state index contributed by atoms with van der Waals surface area (Å²) >= 11 is 0.